The number of carbonyl (C=O) groups excluding carboxylic acids is 2. The van der Waals surface area contributed by atoms with Crippen LogP contribution in [-0.2, 0) is 19.0 Å². The van der Waals surface area contributed by atoms with E-state index in [1.54, 1.807) is 19.2 Å². The number of rotatable bonds is 15. The lowest BCUT2D eigenvalue weighted by atomic mass is 9.92. The summed E-state index contributed by atoms with van der Waals surface area (Å²) in [5.74, 6) is 2.04. The third kappa shape index (κ3) is 13.7. The minimum Gasteiger partial charge on any atom is -0.493 e. The number of nitrogens with one attached hydrogen (secondary N) is 2. The summed E-state index contributed by atoms with van der Waals surface area (Å²) in [4.78, 5) is 48.1. The van der Waals surface area contributed by atoms with Gasteiger partial charge in [-0.25, -0.2) is 33.5 Å². The van der Waals surface area contributed by atoms with Crippen LogP contribution in [0.5, 0.6) is 23.0 Å². The van der Waals surface area contributed by atoms with Gasteiger partial charge in [-0.1, -0.05) is 23.2 Å². The van der Waals surface area contributed by atoms with E-state index in [1.165, 1.54) is 36.9 Å². The Morgan fingerprint density at radius 2 is 1.39 bits per heavy atom. The van der Waals surface area contributed by atoms with E-state index >= 15 is 0 Å². The third-order valence-electron chi connectivity index (χ3n) is 13.5. The Bertz CT molecular complexity index is 3020. The fourth-order valence-corrected chi connectivity index (χ4v) is 10.0. The normalized spacial score (nSPS) is 19.6. The molecule has 2 aromatic heterocycles. The SMILES string of the molecule is CC1(C)CN(CCOc2cc3c(Nc4ccc(F)c(Cl)c4)ncnc3cc2OCC2CCCO2)CC(=O)O1.COc1cc2ncnc(Nc3ccc(F)c(Cl)c3)c2cc1OC1CCC(N(C)C(=O)N2CCOCC2)CC1. The van der Waals surface area contributed by atoms with Crippen LogP contribution >= 0.6 is 23.2 Å². The maximum absolute atomic E-state index is 13.6. The van der Waals surface area contributed by atoms with Gasteiger partial charge < -0.3 is 53.6 Å². The van der Waals surface area contributed by atoms with Gasteiger partial charge in [-0.3, -0.25) is 9.69 Å². The molecule has 4 fully saturated rings. The number of methoxy groups -OCH3 is 1. The number of urea groups is 1. The second-order valence-electron chi connectivity index (χ2n) is 19.6. The van der Waals surface area contributed by atoms with Crippen LogP contribution < -0.4 is 29.6 Å². The average Bonchev–Trinajstić information content (AvgIpc) is 3.95. The first-order valence-corrected chi connectivity index (χ1v) is 26.1. The standard InChI is InChI=1S/C27H31ClFN5O4.C27H30ClFN4O5/c1-33(27(35)34-9-11-37-12-10-34)18-4-6-19(7-5-18)38-25-14-20-23(15-24(25)36-2)30-16-31-26(20)32-17-3-8-22(29)21(28)13-17;1-27(2)15-33(13-25(34)38-27)7-9-36-23-11-19-22(12-24(23)37-14-18-4-3-8-35-18)30-16-31-26(19)32-17-5-6-21(29)20(28)10-17/h3,8,13-16,18-19H,4-7,9-12H2,1-2H3,(H,30,31,32);5-6,10-12,16,18H,3-4,7-9,13-15H2,1-2H3,(H,30,31,32). The van der Waals surface area contributed by atoms with Crippen molar-refractivity contribution in [2.45, 2.75) is 76.2 Å². The molecule has 0 spiro atoms. The number of morpholine rings is 2. The van der Waals surface area contributed by atoms with E-state index in [1.807, 2.05) is 59.9 Å². The molecule has 0 bridgehead atoms. The fourth-order valence-electron chi connectivity index (χ4n) is 9.64. The largest absolute Gasteiger partial charge is 0.493 e. The number of aromatic nitrogens is 4. The van der Waals surface area contributed by atoms with E-state index in [-0.39, 0.29) is 46.8 Å². The Hall–Kier alpha value is -6.58. The zero-order valence-electron chi connectivity index (χ0n) is 42.8. The molecule has 5 heterocycles. The van der Waals surface area contributed by atoms with Crippen molar-refractivity contribution in [3.8, 4) is 23.0 Å². The van der Waals surface area contributed by atoms with Gasteiger partial charge in [-0.05, 0) is 101 Å². The summed E-state index contributed by atoms with van der Waals surface area (Å²) in [6.07, 6.45) is 8.22. The fraction of sp³-hybridized carbons (Fsp3) is 0.444. The molecule has 1 saturated carbocycles. The van der Waals surface area contributed by atoms with E-state index in [2.05, 4.69) is 30.6 Å². The Morgan fingerprint density at radius 1 is 0.789 bits per heavy atom. The van der Waals surface area contributed by atoms with Crippen LogP contribution in [0.15, 0.2) is 73.3 Å². The Labute approximate surface area is 449 Å². The van der Waals surface area contributed by atoms with Crippen LogP contribution in [0, 0.1) is 11.6 Å². The highest BCUT2D eigenvalue weighted by molar-refractivity contribution is 6.31. The van der Waals surface area contributed by atoms with Crippen molar-refractivity contribution in [1.29, 1.82) is 0 Å². The Morgan fingerprint density at radius 3 is 1.97 bits per heavy atom. The van der Waals surface area contributed by atoms with Crippen LogP contribution in [0.3, 0.4) is 0 Å². The van der Waals surface area contributed by atoms with Gasteiger partial charge in [-0.15, -0.1) is 0 Å². The van der Waals surface area contributed by atoms with Crippen molar-refractivity contribution in [3.63, 3.8) is 0 Å². The van der Waals surface area contributed by atoms with Crippen molar-refractivity contribution < 1.29 is 51.5 Å². The molecule has 76 heavy (non-hydrogen) atoms. The van der Waals surface area contributed by atoms with Crippen molar-refractivity contribution in [2.24, 2.45) is 0 Å². The van der Waals surface area contributed by atoms with E-state index < -0.39 is 17.2 Å². The molecule has 6 aromatic rings. The summed E-state index contributed by atoms with van der Waals surface area (Å²) in [6.45, 7) is 9.07. The molecule has 22 heteroatoms. The maximum atomic E-state index is 13.6. The molecule has 10 rings (SSSR count). The number of fused-ring (bicyclic) bond motifs is 2. The molecule has 2 N–H and O–H groups in total. The number of esters is 1. The summed E-state index contributed by atoms with van der Waals surface area (Å²) in [5.41, 5.74) is 1.95. The monoisotopic (exact) mass is 1090 g/mol. The molecule has 1 atom stereocenters. The average molecular weight is 1090 g/mol. The summed E-state index contributed by atoms with van der Waals surface area (Å²) >= 11 is 11.9. The second kappa shape index (κ2) is 24.6. The van der Waals surface area contributed by atoms with Crippen LogP contribution in [-0.4, -0.2) is 150 Å². The minimum absolute atomic E-state index is 0.00646. The van der Waals surface area contributed by atoms with E-state index in [9.17, 15) is 18.4 Å². The number of halogens is 4. The summed E-state index contributed by atoms with van der Waals surface area (Å²) < 4.78 is 68.1. The highest BCUT2D eigenvalue weighted by Gasteiger charge is 2.33. The molecule has 4 aromatic carbocycles. The predicted molar refractivity (Wildman–Crippen MR) is 284 cm³/mol. The minimum atomic E-state index is -0.547. The Balaban J connectivity index is 0.000000186. The summed E-state index contributed by atoms with van der Waals surface area (Å²) in [6, 6.07) is 16.3. The molecule has 1 unspecified atom stereocenters. The number of ether oxygens (including phenoxy) is 7. The molecule has 4 aliphatic rings. The van der Waals surface area contributed by atoms with E-state index in [0.29, 0.717) is 115 Å². The molecule has 0 radical (unpaired) electrons. The quantitative estimate of drug-likeness (QED) is 0.0925. The van der Waals surface area contributed by atoms with E-state index in [4.69, 9.17) is 56.4 Å². The van der Waals surface area contributed by atoms with Gasteiger partial charge in [0, 0.05) is 80.2 Å². The van der Waals surface area contributed by atoms with Gasteiger partial charge in [0.1, 0.15) is 54.7 Å². The number of hydrogen-bond acceptors (Lipinski definition) is 16. The molecule has 404 valence electrons. The first-order valence-electron chi connectivity index (χ1n) is 25.3. The smallest absolute Gasteiger partial charge is 0.320 e. The van der Waals surface area contributed by atoms with Crippen molar-refractivity contribution in [2.75, 3.05) is 90.5 Å². The first-order chi connectivity index (χ1) is 36.7. The van der Waals surface area contributed by atoms with Crippen LogP contribution in [0.4, 0.5) is 36.6 Å². The number of anilines is 4. The zero-order valence-corrected chi connectivity index (χ0v) is 44.3. The topological polar surface area (TPSA) is 184 Å². The van der Waals surface area contributed by atoms with E-state index in [0.717, 1.165) is 50.5 Å². The highest BCUT2D eigenvalue weighted by Crippen LogP contribution is 2.39. The molecule has 3 aliphatic heterocycles. The van der Waals surface area contributed by atoms with Gasteiger partial charge in [-0.2, -0.15) is 0 Å². The third-order valence-corrected chi connectivity index (χ3v) is 14.1. The van der Waals surface area contributed by atoms with Crippen molar-refractivity contribution >= 4 is 80.0 Å². The molecule has 3 saturated heterocycles. The van der Waals surface area contributed by atoms with Crippen LogP contribution in [0.2, 0.25) is 10.0 Å². The van der Waals surface area contributed by atoms with Gasteiger partial charge in [0.05, 0.1) is 60.2 Å². The predicted octanol–water partition coefficient (Wildman–Crippen LogP) is 9.99. The van der Waals surface area contributed by atoms with Gasteiger partial charge in [0.15, 0.2) is 23.0 Å². The van der Waals surface area contributed by atoms with Gasteiger partial charge in [0.25, 0.3) is 0 Å². The molecular weight excluding hydrogens is 1030 g/mol. The number of benzene rings is 4. The van der Waals surface area contributed by atoms with Crippen molar-refractivity contribution in [1.82, 2.24) is 34.6 Å². The number of hydrogen-bond donors (Lipinski definition) is 2. The lowest BCUT2D eigenvalue weighted by molar-refractivity contribution is -0.169. The van der Waals surface area contributed by atoms with Crippen molar-refractivity contribution in [3.05, 3.63) is 95.0 Å². The van der Waals surface area contributed by atoms with Crippen LogP contribution in [0.1, 0.15) is 52.4 Å². The number of amides is 2. The lowest BCUT2D eigenvalue weighted by Gasteiger charge is -2.38. The maximum Gasteiger partial charge on any atom is 0.320 e. The molecule has 18 nitrogen and oxygen atoms in total. The number of cyclic esters (lactones) is 1. The Kier molecular flexibility index (Phi) is 17.6. The molecular formula is C54H61Cl2F2N9O9. The van der Waals surface area contributed by atoms with Crippen LogP contribution in [0.25, 0.3) is 21.8 Å². The second-order valence-corrected chi connectivity index (χ2v) is 20.4. The lowest BCUT2D eigenvalue weighted by Crippen LogP contribution is -2.51. The number of carbonyl (C=O) groups is 2. The van der Waals surface area contributed by atoms with Gasteiger partial charge in [0.2, 0.25) is 0 Å². The van der Waals surface area contributed by atoms with Gasteiger partial charge >= 0.3 is 12.0 Å². The molecule has 1 aliphatic carbocycles. The zero-order chi connectivity index (χ0) is 53.3. The summed E-state index contributed by atoms with van der Waals surface area (Å²) in [7, 11) is 3.48. The highest BCUT2D eigenvalue weighted by atomic mass is 35.5. The summed E-state index contributed by atoms with van der Waals surface area (Å²) in [5, 5.41) is 7.82. The number of nitrogens with zero attached hydrogens (tertiary/aromatic N) is 7. The molecule has 2 amide bonds. The first kappa shape index (κ1) is 54.2.